The molecule has 2 aromatic rings. The molecule has 1 aliphatic rings. The highest BCUT2D eigenvalue weighted by Crippen LogP contribution is 2.45. The molecule has 0 bridgehead atoms. The number of hydrogen-bond donors (Lipinski definition) is 1. The van der Waals surface area contributed by atoms with E-state index in [0.29, 0.717) is 29.1 Å². The second-order valence-corrected chi connectivity index (χ2v) is 10.3. The topological polar surface area (TPSA) is 119 Å². The molecule has 184 valence electrons. The Morgan fingerprint density at radius 3 is 1.89 bits per heavy atom. The fraction of sp³-hybridized carbons (Fsp3) is 0.227. The Morgan fingerprint density at radius 1 is 0.886 bits per heavy atom. The summed E-state index contributed by atoms with van der Waals surface area (Å²) in [5.41, 5.74) is 0.892. The van der Waals surface area contributed by atoms with Crippen molar-refractivity contribution in [2.45, 2.75) is 19.9 Å². The number of fused-ring (bicyclic) bond motifs is 1. The number of benzene rings is 2. The lowest BCUT2D eigenvalue weighted by molar-refractivity contribution is -0.150. The summed E-state index contributed by atoms with van der Waals surface area (Å²) in [6.07, 6.45) is 0. The van der Waals surface area contributed by atoms with Crippen molar-refractivity contribution in [3.05, 3.63) is 58.8 Å². The van der Waals surface area contributed by atoms with Crippen LogP contribution in [0.4, 0.5) is 5.69 Å². The molecule has 3 amide bonds. The molecule has 3 rings (SSSR count). The van der Waals surface area contributed by atoms with E-state index in [4.69, 9.17) is 9.47 Å². The summed E-state index contributed by atoms with van der Waals surface area (Å²) in [6.45, 7) is 2.63. The number of carbonyl (C=O) groups is 5. The molecular formula is C22H16Br4N2O7. The van der Waals surface area contributed by atoms with Gasteiger partial charge in [-0.25, -0.2) is 9.59 Å². The second kappa shape index (κ2) is 11.3. The Labute approximate surface area is 233 Å². The number of nitrogens with one attached hydrogen (secondary N) is 1. The van der Waals surface area contributed by atoms with E-state index in [-0.39, 0.29) is 17.7 Å². The highest BCUT2D eigenvalue weighted by molar-refractivity contribution is 9.15. The summed E-state index contributed by atoms with van der Waals surface area (Å²) in [6, 6.07) is 4.68. The van der Waals surface area contributed by atoms with E-state index in [1.54, 1.807) is 6.92 Å². The van der Waals surface area contributed by atoms with Crippen molar-refractivity contribution in [1.82, 2.24) is 4.90 Å². The monoisotopic (exact) mass is 736 g/mol. The molecule has 13 heteroatoms. The summed E-state index contributed by atoms with van der Waals surface area (Å²) < 4.78 is 11.7. The minimum absolute atomic E-state index is 0.0978. The van der Waals surface area contributed by atoms with E-state index >= 15 is 0 Å². The fourth-order valence-electron chi connectivity index (χ4n) is 3.18. The molecule has 1 heterocycles. The van der Waals surface area contributed by atoms with E-state index < -0.39 is 42.3 Å². The Morgan fingerprint density at radius 2 is 1.40 bits per heavy atom. The number of hydrogen-bond acceptors (Lipinski definition) is 7. The Balaban J connectivity index is 1.63. The molecule has 0 aromatic heterocycles. The van der Waals surface area contributed by atoms with Crippen molar-refractivity contribution in [2.24, 2.45) is 0 Å². The van der Waals surface area contributed by atoms with Crippen LogP contribution in [0, 0.1) is 0 Å². The van der Waals surface area contributed by atoms with Gasteiger partial charge in [-0.15, -0.1) is 0 Å². The summed E-state index contributed by atoms with van der Waals surface area (Å²) >= 11 is 13.3. The molecule has 0 aliphatic carbocycles. The number of amides is 3. The first-order valence-electron chi connectivity index (χ1n) is 9.97. The third kappa shape index (κ3) is 5.52. The molecule has 35 heavy (non-hydrogen) atoms. The van der Waals surface area contributed by atoms with Gasteiger partial charge in [0.25, 0.3) is 17.7 Å². The van der Waals surface area contributed by atoms with Crippen LogP contribution in [0.5, 0.6) is 0 Å². The zero-order valence-electron chi connectivity index (χ0n) is 18.1. The van der Waals surface area contributed by atoms with E-state index in [9.17, 15) is 24.0 Å². The van der Waals surface area contributed by atoms with E-state index in [1.807, 2.05) is 0 Å². The molecule has 0 saturated carbocycles. The molecule has 0 fully saturated rings. The Hall–Kier alpha value is -2.09. The first-order valence-corrected chi connectivity index (χ1v) is 13.1. The lowest BCUT2D eigenvalue weighted by atomic mass is 10.1. The van der Waals surface area contributed by atoms with Crippen LogP contribution in [-0.4, -0.2) is 53.8 Å². The zero-order chi connectivity index (χ0) is 26.0. The van der Waals surface area contributed by atoms with Gasteiger partial charge in [0.1, 0.15) is 6.04 Å². The smallest absolute Gasteiger partial charge is 0.338 e. The molecule has 1 unspecified atom stereocenters. The van der Waals surface area contributed by atoms with Crippen molar-refractivity contribution in [1.29, 1.82) is 0 Å². The van der Waals surface area contributed by atoms with Gasteiger partial charge in [0.2, 0.25) is 0 Å². The van der Waals surface area contributed by atoms with Crippen LogP contribution in [0.3, 0.4) is 0 Å². The Kier molecular flexibility index (Phi) is 8.89. The van der Waals surface area contributed by atoms with Gasteiger partial charge in [-0.3, -0.25) is 19.3 Å². The SMILES string of the molecule is CCOC(=O)c1ccc(NC(=O)COC(=O)C(C)N2C(=O)c3c(Br)c(Br)c(Br)c(Br)c3C2=O)cc1. The summed E-state index contributed by atoms with van der Waals surface area (Å²) in [4.78, 5) is 63.2. The lowest BCUT2D eigenvalue weighted by Gasteiger charge is -2.20. The largest absolute Gasteiger partial charge is 0.462 e. The first-order chi connectivity index (χ1) is 16.5. The molecule has 1 N–H and O–H groups in total. The van der Waals surface area contributed by atoms with Gasteiger partial charge in [-0.05, 0) is 102 Å². The van der Waals surface area contributed by atoms with Gasteiger partial charge in [0.15, 0.2) is 6.61 Å². The summed E-state index contributed by atoms with van der Waals surface area (Å²) in [5.74, 6) is -3.42. The highest BCUT2D eigenvalue weighted by Gasteiger charge is 2.45. The van der Waals surface area contributed by atoms with Gasteiger partial charge in [0.05, 0.1) is 23.3 Å². The van der Waals surface area contributed by atoms with Crippen LogP contribution < -0.4 is 5.32 Å². The minimum atomic E-state index is -1.28. The first kappa shape index (κ1) is 27.5. The zero-order valence-corrected chi connectivity index (χ0v) is 24.5. The van der Waals surface area contributed by atoms with Crippen LogP contribution in [0.15, 0.2) is 42.2 Å². The summed E-state index contributed by atoms with van der Waals surface area (Å²) in [5, 5.41) is 2.52. The molecule has 1 aliphatic heterocycles. The second-order valence-electron chi connectivity index (χ2n) is 7.12. The highest BCUT2D eigenvalue weighted by atomic mass is 79.9. The third-order valence-corrected chi connectivity index (χ3v) is 9.65. The molecule has 9 nitrogen and oxygen atoms in total. The van der Waals surface area contributed by atoms with Gasteiger partial charge in [0, 0.05) is 23.6 Å². The molecule has 0 spiro atoms. The predicted molar refractivity (Wildman–Crippen MR) is 139 cm³/mol. The number of rotatable bonds is 7. The number of halogens is 4. The van der Waals surface area contributed by atoms with Crippen LogP contribution >= 0.6 is 63.7 Å². The quantitative estimate of drug-likeness (QED) is 0.182. The van der Waals surface area contributed by atoms with Gasteiger partial charge in [-0.1, -0.05) is 0 Å². The van der Waals surface area contributed by atoms with E-state index in [1.165, 1.54) is 31.2 Å². The number of esters is 2. The third-order valence-electron chi connectivity index (χ3n) is 4.89. The van der Waals surface area contributed by atoms with Gasteiger partial charge in [-0.2, -0.15) is 0 Å². The number of anilines is 1. The van der Waals surface area contributed by atoms with Gasteiger partial charge < -0.3 is 14.8 Å². The van der Waals surface area contributed by atoms with Crippen LogP contribution in [0.1, 0.15) is 44.9 Å². The van der Waals surface area contributed by atoms with Crippen molar-refractivity contribution >= 4 is 99.1 Å². The maximum atomic E-state index is 13.0. The van der Waals surface area contributed by atoms with Crippen molar-refractivity contribution < 1.29 is 33.4 Å². The van der Waals surface area contributed by atoms with Crippen molar-refractivity contribution in [3.63, 3.8) is 0 Å². The molecule has 0 radical (unpaired) electrons. The van der Waals surface area contributed by atoms with E-state index in [0.717, 1.165) is 4.90 Å². The maximum Gasteiger partial charge on any atom is 0.338 e. The normalized spacial score (nSPS) is 13.4. The number of ether oxygens (including phenoxy) is 2. The number of carbonyl (C=O) groups excluding carboxylic acids is 5. The maximum absolute atomic E-state index is 13.0. The fourth-order valence-corrected chi connectivity index (χ4v) is 5.64. The van der Waals surface area contributed by atoms with Crippen LogP contribution in [0.2, 0.25) is 0 Å². The number of nitrogens with zero attached hydrogens (tertiary/aromatic N) is 1. The standard InChI is InChI=1S/C22H16Br4N2O7/c1-3-34-22(33)10-4-6-11(7-5-10)27-12(29)8-35-21(32)9(2)28-19(30)13-14(20(28)31)16(24)18(26)17(25)15(13)23/h4-7,9H,3,8H2,1-2H3,(H,27,29). The van der Waals surface area contributed by atoms with Crippen molar-refractivity contribution in [3.8, 4) is 0 Å². The number of imide groups is 1. The molecule has 1 atom stereocenters. The molecule has 2 aromatic carbocycles. The average Bonchev–Trinajstić information content (AvgIpc) is 3.09. The van der Waals surface area contributed by atoms with E-state index in [2.05, 4.69) is 69.0 Å². The van der Waals surface area contributed by atoms with Crippen LogP contribution in [-0.2, 0) is 19.1 Å². The van der Waals surface area contributed by atoms with Gasteiger partial charge >= 0.3 is 11.9 Å². The minimum Gasteiger partial charge on any atom is -0.462 e. The van der Waals surface area contributed by atoms with Crippen LogP contribution in [0.25, 0.3) is 0 Å². The average molecular weight is 740 g/mol. The summed E-state index contributed by atoms with van der Waals surface area (Å²) in [7, 11) is 0. The van der Waals surface area contributed by atoms with Crippen molar-refractivity contribution in [2.75, 3.05) is 18.5 Å². The molecular weight excluding hydrogens is 724 g/mol. The predicted octanol–water partition coefficient (Wildman–Crippen LogP) is 5.08. The molecule has 0 saturated heterocycles. The Bertz CT molecular complexity index is 1200. The lowest BCUT2D eigenvalue weighted by Crippen LogP contribution is -2.44.